The molecular formula is C53H49N3. The van der Waals surface area contributed by atoms with Gasteiger partial charge in [0.1, 0.15) is 0 Å². The molecule has 0 saturated carbocycles. The lowest BCUT2D eigenvalue weighted by Gasteiger charge is -2.29. The molecule has 1 heterocycles. The van der Waals surface area contributed by atoms with E-state index >= 15 is 0 Å². The molecule has 0 fully saturated rings. The number of hydrogen-bond acceptors (Lipinski definition) is 3. The topological polar surface area (TPSA) is 28.0 Å². The maximum absolute atomic E-state index is 5.22. The summed E-state index contributed by atoms with van der Waals surface area (Å²) < 4.78 is 0. The fourth-order valence-corrected chi connectivity index (χ4v) is 7.65. The Bertz CT molecular complexity index is 2440. The molecule has 0 saturated heterocycles. The van der Waals surface area contributed by atoms with Crippen LogP contribution in [-0.2, 0) is 6.54 Å². The number of rotatable bonds is 10. The van der Waals surface area contributed by atoms with Crippen molar-refractivity contribution >= 4 is 40.2 Å². The highest BCUT2D eigenvalue weighted by Gasteiger charge is 2.21. The number of hydrogen-bond donors (Lipinski definition) is 0. The zero-order chi connectivity index (χ0) is 38.7. The van der Waals surface area contributed by atoms with Crippen LogP contribution in [0, 0.1) is 5.92 Å². The van der Waals surface area contributed by atoms with Gasteiger partial charge in [0, 0.05) is 40.7 Å². The Morgan fingerprint density at radius 2 is 1.61 bits per heavy atom. The monoisotopic (exact) mass is 727 g/mol. The summed E-state index contributed by atoms with van der Waals surface area (Å²) in [4.78, 5) is 12.2. The lowest BCUT2D eigenvalue weighted by Crippen LogP contribution is -2.24. The minimum absolute atomic E-state index is 0.145. The Balaban J connectivity index is 1.25. The molecule has 1 unspecified atom stereocenters. The Morgan fingerprint density at radius 3 is 2.38 bits per heavy atom. The lowest BCUT2D eigenvalue weighted by molar-refractivity contribution is 0.859. The first-order chi connectivity index (χ1) is 27.6. The molecule has 2 aliphatic rings. The van der Waals surface area contributed by atoms with Gasteiger partial charge in [0.15, 0.2) is 0 Å². The third-order valence-corrected chi connectivity index (χ3v) is 10.6. The molecule has 276 valence electrons. The molecule has 7 rings (SSSR count). The van der Waals surface area contributed by atoms with Crippen LogP contribution < -0.4 is 4.90 Å². The van der Waals surface area contributed by atoms with Gasteiger partial charge < -0.3 is 4.90 Å². The van der Waals surface area contributed by atoms with E-state index in [1.165, 1.54) is 33.0 Å². The molecule has 0 amide bonds. The summed E-state index contributed by atoms with van der Waals surface area (Å²) in [5.74, 6) is 0.145. The predicted octanol–water partition coefficient (Wildman–Crippen LogP) is 13.6. The first kappa shape index (κ1) is 37.7. The molecule has 3 heteroatoms. The van der Waals surface area contributed by atoms with Crippen LogP contribution >= 0.6 is 0 Å². The fraction of sp³-hybridized carbons (Fsp3) is 0.132. The van der Waals surface area contributed by atoms with Crippen molar-refractivity contribution in [2.75, 3.05) is 11.4 Å². The second-order valence-corrected chi connectivity index (χ2v) is 14.2. The van der Waals surface area contributed by atoms with Crippen LogP contribution in [-0.4, -0.2) is 19.0 Å². The van der Waals surface area contributed by atoms with E-state index in [0.29, 0.717) is 13.1 Å². The van der Waals surface area contributed by atoms with Crippen molar-refractivity contribution < 1.29 is 0 Å². The summed E-state index contributed by atoms with van der Waals surface area (Å²) >= 11 is 0. The summed E-state index contributed by atoms with van der Waals surface area (Å²) in [7, 11) is 0. The van der Waals surface area contributed by atoms with Crippen LogP contribution in [0.5, 0.6) is 0 Å². The molecule has 0 radical (unpaired) electrons. The van der Waals surface area contributed by atoms with E-state index in [9.17, 15) is 0 Å². The largest absolute Gasteiger partial charge is 0.337 e. The minimum Gasteiger partial charge on any atom is -0.337 e. The van der Waals surface area contributed by atoms with Crippen LogP contribution in [0.4, 0.5) is 5.69 Å². The lowest BCUT2D eigenvalue weighted by atomic mass is 9.92. The molecule has 0 aromatic heterocycles. The van der Waals surface area contributed by atoms with E-state index in [4.69, 9.17) is 4.99 Å². The number of fused-ring (bicyclic) bond motifs is 1. The average Bonchev–Trinajstić information content (AvgIpc) is 3.32. The summed E-state index contributed by atoms with van der Waals surface area (Å²) in [6, 6.07) is 43.0. The first-order valence-electron chi connectivity index (χ1n) is 19.5. The third-order valence-electron chi connectivity index (χ3n) is 10.6. The van der Waals surface area contributed by atoms with Crippen LogP contribution in [0.2, 0.25) is 0 Å². The van der Waals surface area contributed by atoms with Crippen LogP contribution in [0.3, 0.4) is 0 Å². The van der Waals surface area contributed by atoms with E-state index in [1.54, 1.807) is 0 Å². The summed E-state index contributed by atoms with van der Waals surface area (Å²) in [5.41, 5.74) is 13.3. The van der Waals surface area contributed by atoms with Crippen molar-refractivity contribution in [2.24, 2.45) is 15.9 Å². The highest BCUT2D eigenvalue weighted by atomic mass is 15.1. The molecule has 5 aromatic rings. The van der Waals surface area contributed by atoms with Gasteiger partial charge in [-0.05, 0) is 95.3 Å². The van der Waals surface area contributed by atoms with Gasteiger partial charge in [-0.3, -0.25) is 9.98 Å². The second kappa shape index (κ2) is 18.2. The zero-order valence-corrected chi connectivity index (χ0v) is 32.3. The quantitative estimate of drug-likeness (QED) is 0.132. The molecule has 1 atom stereocenters. The minimum atomic E-state index is 0.145. The Kier molecular flexibility index (Phi) is 12.2. The van der Waals surface area contributed by atoms with Gasteiger partial charge in [-0.25, -0.2) is 0 Å². The Labute approximate surface area is 332 Å². The zero-order valence-electron chi connectivity index (χ0n) is 32.3. The van der Waals surface area contributed by atoms with Crippen LogP contribution in [0.25, 0.3) is 33.2 Å². The Hall–Kier alpha value is -6.58. The van der Waals surface area contributed by atoms with Gasteiger partial charge in [-0.2, -0.15) is 0 Å². The summed E-state index contributed by atoms with van der Waals surface area (Å²) in [6.07, 6.45) is 21.9. The van der Waals surface area contributed by atoms with Gasteiger partial charge in [-0.15, -0.1) is 0 Å². The molecule has 3 nitrogen and oxygen atoms in total. The van der Waals surface area contributed by atoms with Gasteiger partial charge >= 0.3 is 0 Å². The SMILES string of the molecule is C=C/C=C1/C(=C)CC/C(c2cccc3ccccc23)=C\CN(c2cccc(/C(=C/C(=NCc3ccc(-c4ccccc4)cc3)C3C=CC=CC3)N=C)c2)/C1=C/C. The average molecular weight is 728 g/mol. The fourth-order valence-electron chi connectivity index (χ4n) is 7.65. The van der Waals surface area contributed by atoms with Gasteiger partial charge in [0.05, 0.1) is 12.2 Å². The predicted molar refractivity (Wildman–Crippen MR) is 243 cm³/mol. The van der Waals surface area contributed by atoms with Crippen molar-refractivity contribution in [2.45, 2.75) is 32.7 Å². The highest BCUT2D eigenvalue weighted by Crippen LogP contribution is 2.37. The van der Waals surface area contributed by atoms with Crippen molar-refractivity contribution in [1.82, 2.24) is 0 Å². The van der Waals surface area contributed by atoms with Crippen molar-refractivity contribution in [1.29, 1.82) is 0 Å². The van der Waals surface area contributed by atoms with Crippen LogP contribution in [0.1, 0.15) is 42.9 Å². The van der Waals surface area contributed by atoms with Gasteiger partial charge in [-0.1, -0.05) is 171 Å². The summed E-state index contributed by atoms with van der Waals surface area (Å²) in [6.45, 7) is 16.1. The molecule has 0 spiro atoms. The third kappa shape index (κ3) is 8.69. The first-order valence-corrected chi connectivity index (χ1v) is 19.5. The maximum Gasteiger partial charge on any atom is 0.0713 e. The Morgan fingerprint density at radius 1 is 0.839 bits per heavy atom. The summed E-state index contributed by atoms with van der Waals surface area (Å²) in [5, 5.41) is 2.51. The molecule has 1 aliphatic heterocycles. The molecule has 1 aliphatic carbocycles. The molecule has 5 aromatic carbocycles. The normalized spacial score (nSPS) is 19.0. The van der Waals surface area contributed by atoms with Gasteiger partial charge in [0.2, 0.25) is 0 Å². The number of benzene rings is 5. The molecular weight excluding hydrogens is 679 g/mol. The van der Waals surface area contributed by atoms with E-state index in [-0.39, 0.29) is 5.92 Å². The number of allylic oxidation sites excluding steroid dienone is 10. The maximum atomic E-state index is 5.22. The van der Waals surface area contributed by atoms with Crippen molar-refractivity contribution in [3.63, 3.8) is 0 Å². The van der Waals surface area contributed by atoms with Gasteiger partial charge in [0.25, 0.3) is 0 Å². The van der Waals surface area contributed by atoms with E-state index in [0.717, 1.165) is 64.3 Å². The van der Waals surface area contributed by atoms with E-state index in [1.807, 2.05) is 12.1 Å². The van der Waals surface area contributed by atoms with Crippen molar-refractivity contribution in [3.8, 4) is 11.1 Å². The standard InChI is InChI=1S/C53H49N3/c1-5-17-48-39(3)28-31-44(50-27-16-23-43-20-13-14-26-49(43)50)34-35-56(53(48)6-2)47-25-15-24-46(36-47)51(54-4)37-52(45-21-11-8-12-22-45)55-38-40-29-32-42(33-30-40)41-18-9-7-10-19-41/h5-21,23-27,29-30,32-34,36-37,45H,1,3-4,22,28,31,35,38H2,2H3/b44-34+,48-17-,51-37-,53-6+,55-52?. The molecule has 56 heavy (non-hydrogen) atoms. The van der Waals surface area contributed by atoms with Crippen molar-refractivity contribution in [3.05, 3.63) is 223 Å². The molecule has 0 bridgehead atoms. The molecule has 0 N–H and O–H groups in total. The van der Waals surface area contributed by atoms with Crippen LogP contribution in [0.15, 0.2) is 216 Å². The number of anilines is 1. The van der Waals surface area contributed by atoms with E-state index < -0.39 is 0 Å². The number of nitrogens with zero attached hydrogens (tertiary/aromatic N) is 3. The second-order valence-electron chi connectivity index (χ2n) is 14.2. The number of aliphatic imine (C=N–C) groups is 2. The van der Waals surface area contributed by atoms with E-state index in [2.05, 4.69) is 201 Å². The smallest absolute Gasteiger partial charge is 0.0713 e. The highest BCUT2D eigenvalue weighted by molar-refractivity contribution is 6.04.